The van der Waals surface area contributed by atoms with E-state index in [0.717, 1.165) is 33.2 Å². The van der Waals surface area contributed by atoms with E-state index >= 15 is 0 Å². The zero-order valence-corrected chi connectivity index (χ0v) is 25.8. The maximum Gasteiger partial charge on any atom is 0.325 e. The van der Waals surface area contributed by atoms with Gasteiger partial charge in [0.05, 0.1) is 17.1 Å². The average molecular weight is 678 g/mol. The van der Waals surface area contributed by atoms with Gasteiger partial charge in [-0.05, 0) is 49.6 Å². The van der Waals surface area contributed by atoms with Gasteiger partial charge >= 0.3 is 5.78 Å². The van der Waals surface area contributed by atoms with Gasteiger partial charge in [0.2, 0.25) is 0 Å². The molecule has 1 radical (unpaired) electrons. The number of hydrogen-bond acceptors (Lipinski definition) is 3. The number of hydrogen-bond donors (Lipinski definition) is 1. The fourth-order valence-electron chi connectivity index (χ4n) is 3.48. The molecule has 0 spiro atoms. The number of fused-ring (bicyclic) bond motifs is 3. The molecule has 0 unspecified atom stereocenters. The van der Waals surface area contributed by atoms with Crippen LogP contribution in [0.4, 0.5) is 0 Å². The molecule has 0 saturated carbocycles. The van der Waals surface area contributed by atoms with Crippen LogP contribution in [0.15, 0.2) is 71.0 Å². The van der Waals surface area contributed by atoms with Gasteiger partial charge in [0.25, 0.3) is 0 Å². The number of aromatic nitrogens is 1. The number of aliphatic hydroxyl groups is 1. The molecule has 0 amide bonds. The first-order valence-electron chi connectivity index (χ1n) is 12.4. The minimum absolute atomic E-state index is 0. The van der Waals surface area contributed by atoms with Crippen molar-refractivity contribution in [2.75, 3.05) is 0 Å². The Labute approximate surface area is 234 Å². The molecule has 4 aromatic rings. The molecule has 4 nitrogen and oxygen atoms in total. The molecule has 0 aliphatic heterocycles. The second kappa shape index (κ2) is 11.3. The molecule has 0 aliphatic rings. The van der Waals surface area contributed by atoms with Crippen LogP contribution in [-0.4, -0.2) is 20.7 Å². The number of allylic oxidation sites excluding steroid dienone is 2. The first-order chi connectivity index (χ1) is 16.6. The Morgan fingerprint density at radius 2 is 1.57 bits per heavy atom. The number of nitrogens with zero attached hydrogens (tertiary/aromatic N) is 1. The normalized spacial score (nSPS) is 12.6. The van der Waals surface area contributed by atoms with E-state index in [-0.39, 0.29) is 47.9 Å². The molecule has 2 heterocycles. The number of rotatable bonds is 2. The summed E-state index contributed by atoms with van der Waals surface area (Å²) in [5, 5.41) is 11.8. The summed E-state index contributed by atoms with van der Waals surface area (Å²) >= 11 is 0. The SMILES string of the molecule is CC(C)(C)C(=[OH+])/C=C(\O)C(C)(C)C.CC(C)(C)c1ccnc(-c2[c-]ccc3c2oc2ccccc23)c1.[Ir]. The van der Waals surface area contributed by atoms with Crippen molar-refractivity contribution in [3.8, 4) is 11.3 Å². The predicted octanol–water partition coefficient (Wildman–Crippen LogP) is 8.81. The third-order valence-corrected chi connectivity index (χ3v) is 6.03. The van der Waals surface area contributed by atoms with E-state index in [0.29, 0.717) is 0 Å². The first-order valence-corrected chi connectivity index (χ1v) is 12.4. The summed E-state index contributed by atoms with van der Waals surface area (Å²) in [7, 11) is 0. The van der Waals surface area contributed by atoms with Crippen LogP contribution >= 0.6 is 0 Å². The fraction of sp³-hybridized carbons (Fsp3) is 0.375. The maximum atomic E-state index is 9.60. The minimum atomic E-state index is -0.306. The zero-order chi connectivity index (χ0) is 26.9. The summed E-state index contributed by atoms with van der Waals surface area (Å²) in [6, 6.07) is 19.6. The fourth-order valence-corrected chi connectivity index (χ4v) is 3.48. The van der Waals surface area contributed by atoms with Gasteiger partial charge in [-0.2, -0.15) is 0 Å². The minimum Gasteiger partial charge on any atom is -0.511 e. The monoisotopic (exact) mass is 678 g/mol. The number of ketones is 1. The molecular formula is C32H39IrNO3. The number of carbonyl (C=O) groups excluding carboxylic acids is 1. The van der Waals surface area contributed by atoms with Crippen molar-refractivity contribution >= 4 is 27.7 Å². The second-order valence-corrected chi connectivity index (χ2v) is 12.3. The molecule has 37 heavy (non-hydrogen) atoms. The van der Waals surface area contributed by atoms with E-state index < -0.39 is 0 Å². The van der Waals surface area contributed by atoms with Crippen molar-refractivity contribution in [3.05, 3.63) is 78.2 Å². The van der Waals surface area contributed by atoms with E-state index in [2.05, 4.69) is 56.1 Å². The molecule has 2 aromatic heterocycles. The molecule has 5 heteroatoms. The van der Waals surface area contributed by atoms with E-state index in [1.807, 2.05) is 72.0 Å². The summed E-state index contributed by atoms with van der Waals surface area (Å²) in [5.74, 6) is 0.417. The Balaban J connectivity index is 0.000000299. The van der Waals surface area contributed by atoms with Crippen molar-refractivity contribution < 1.29 is 34.4 Å². The standard InChI is InChI=1S/C21H18NO.C11H20O2.Ir/c1-21(2,3)14-11-12-22-18(13-14)17-9-6-8-16-15-7-4-5-10-19(15)23-20(16)17;1-10(2,3)8(12)7-9(13)11(4,5)6;/h4-8,10-13H,1-3H3;7,12H,1-6H3;/q-1;;/p+1/b;8-7-;. The van der Waals surface area contributed by atoms with Gasteiger partial charge in [-0.15, -0.1) is 18.2 Å². The van der Waals surface area contributed by atoms with Crippen molar-refractivity contribution in [1.82, 2.24) is 4.98 Å². The molecule has 0 atom stereocenters. The van der Waals surface area contributed by atoms with Gasteiger partial charge in [0, 0.05) is 37.1 Å². The number of furan rings is 1. The number of benzene rings is 2. The summed E-state index contributed by atoms with van der Waals surface area (Å²) in [4.78, 5) is 14.2. The van der Waals surface area contributed by atoms with Gasteiger partial charge in [0.15, 0.2) is 0 Å². The number of pyridine rings is 1. The van der Waals surface area contributed by atoms with Crippen molar-refractivity contribution in [1.29, 1.82) is 0 Å². The molecule has 2 N–H and O–H groups in total. The Morgan fingerprint density at radius 1 is 0.919 bits per heavy atom. The Bertz CT molecular complexity index is 1410. The third kappa shape index (κ3) is 7.40. The smallest absolute Gasteiger partial charge is 0.325 e. The zero-order valence-electron chi connectivity index (χ0n) is 23.4. The molecule has 199 valence electrons. The van der Waals surface area contributed by atoms with Gasteiger partial charge in [0.1, 0.15) is 11.3 Å². The summed E-state index contributed by atoms with van der Waals surface area (Å²) in [6.45, 7) is 18.0. The molecule has 0 bridgehead atoms. The Kier molecular flexibility index (Phi) is 9.33. The van der Waals surface area contributed by atoms with Crippen molar-refractivity contribution in [2.24, 2.45) is 10.8 Å². The molecule has 0 aliphatic carbocycles. The predicted molar refractivity (Wildman–Crippen MR) is 151 cm³/mol. The van der Waals surface area contributed by atoms with Crippen LogP contribution < -0.4 is 0 Å². The maximum absolute atomic E-state index is 9.60. The number of aliphatic hydroxyl groups excluding tert-OH is 1. The molecule has 4 rings (SSSR count). The summed E-state index contributed by atoms with van der Waals surface area (Å²) in [6.07, 6.45) is 3.31. The van der Waals surface area contributed by atoms with Crippen LogP contribution in [0, 0.1) is 16.9 Å². The summed E-state index contributed by atoms with van der Waals surface area (Å²) in [5.41, 5.74) is 4.30. The quantitative estimate of drug-likeness (QED) is 0.0998. The van der Waals surface area contributed by atoms with E-state index in [1.165, 1.54) is 11.6 Å². The summed E-state index contributed by atoms with van der Waals surface area (Å²) < 4.78 is 6.09. The van der Waals surface area contributed by atoms with Crippen LogP contribution in [0.25, 0.3) is 33.2 Å². The van der Waals surface area contributed by atoms with Gasteiger partial charge < -0.3 is 14.5 Å². The Morgan fingerprint density at radius 3 is 2.16 bits per heavy atom. The average Bonchev–Trinajstić information content (AvgIpc) is 3.16. The molecule has 0 fully saturated rings. The van der Waals surface area contributed by atoms with Crippen molar-refractivity contribution in [3.63, 3.8) is 0 Å². The van der Waals surface area contributed by atoms with E-state index in [9.17, 15) is 9.90 Å². The van der Waals surface area contributed by atoms with E-state index in [4.69, 9.17) is 4.42 Å². The second-order valence-electron chi connectivity index (χ2n) is 12.3. The molecular weight excluding hydrogens is 639 g/mol. The van der Waals surface area contributed by atoms with Crippen LogP contribution in [0.2, 0.25) is 0 Å². The van der Waals surface area contributed by atoms with E-state index in [1.54, 1.807) is 0 Å². The van der Waals surface area contributed by atoms with Crippen molar-refractivity contribution in [2.45, 2.75) is 67.7 Å². The van der Waals surface area contributed by atoms with Gasteiger partial charge in [-0.3, -0.25) is 4.79 Å². The van der Waals surface area contributed by atoms with Gasteiger partial charge in [-0.25, -0.2) is 0 Å². The molecule has 0 saturated heterocycles. The Hall–Kier alpha value is -2.75. The molecule has 2 aromatic carbocycles. The van der Waals surface area contributed by atoms with Gasteiger partial charge in [-0.1, -0.05) is 76.8 Å². The first kappa shape index (κ1) is 30.5. The largest absolute Gasteiger partial charge is 0.511 e. The van der Waals surface area contributed by atoms with Crippen LogP contribution in [0.3, 0.4) is 0 Å². The number of para-hydroxylation sites is 1. The van der Waals surface area contributed by atoms with Crippen LogP contribution in [0.5, 0.6) is 0 Å². The topological polar surface area (TPSA) is 67.7 Å². The third-order valence-electron chi connectivity index (χ3n) is 6.03. The van der Waals surface area contributed by atoms with Crippen LogP contribution in [-0.2, 0) is 25.5 Å². The van der Waals surface area contributed by atoms with Crippen LogP contribution in [0.1, 0.15) is 67.9 Å².